The van der Waals surface area contributed by atoms with Crippen molar-refractivity contribution < 1.29 is 32.3 Å². The van der Waals surface area contributed by atoms with Gasteiger partial charge in [0, 0.05) is 12.7 Å². The second-order valence-corrected chi connectivity index (χ2v) is 6.69. The summed E-state index contributed by atoms with van der Waals surface area (Å²) in [5.74, 6) is -2.14. The third-order valence-electron chi connectivity index (χ3n) is 2.70. The fourth-order valence-corrected chi connectivity index (χ4v) is 1.75. The molecule has 0 saturated carbocycles. The van der Waals surface area contributed by atoms with Crippen LogP contribution in [0, 0.1) is 5.53 Å². The SMILES string of the molecule is COC(=O)[C@H](CCC(=O)C=[N+]=N)NC(=O)[C@H](C)S(C)(=O)=O. The molecule has 21 heavy (non-hydrogen) atoms. The number of carbonyl (C=O) groups is 3. The van der Waals surface area contributed by atoms with E-state index in [1.165, 1.54) is 6.92 Å². The van der Waals surface area contributed by atoms with E-state index in [1.807, 2.05) is 0 Å². The van der Waals surface area contributed by atoms with Gasteiger partial charge in [-0.1, -0.05) is 0 Å². The summed E-state index contributed by atoms with van der Waals surface area (Å²) < 4.78 is 27.0. The lowest BCUT2D eigenvalue weighted by atomic mass is 10.1. The minimum atomic E-state index is -3.60. The second-order valence-electron chi connectivity index (χ2n) is 4.32. The summed E-state index contributed by atoms with van der Waals surface area (Å²) in [7, 11) is -2.49. The fourth-order valence-electron chi connectivity index (χ4n) is 1.30. The smallest absolute Gasteiger partial charge is 0.372 e. The van der Waals surface area contributed by atoms with Crippen molar-refractivity contribution in [1.29, 1.82) is 5.53 Å². The Morgan fingerprint density at radius 2 is 1.95 bits per heavy atom. The number of esters is 1. The topological polar surface area (TPSA) is 145 Å². The molecule has 0 aliphatic rings. The molecule has 0 bridgehead atoms. The highest BCUT2D eigenvalue weighted by Crippen LogP contribution is 2.04. The van der Waals surface area contributed by atoms with Gasteiger partial charge in [-0.15, -0.1) is 0 Å². The Balaban J connectivity index is 4.86. The number of sulfone groups is 1. The number of nitrogens with one attached hydrogen (secondary N) is 2. The number of Topliss-reactive ketones (excluding diaryl/α,β-unsaturated/α-hetero) is 1. The first-order valence-corrected chi connectivity index (χ1v) is 7.88. The third-order valence-corrected chi connectivity index (χ3v) is 4.20. The van der Waals surface area contributed by atoms with E-state index in [4.69, 9.17) is 5.53 Å². The van der Waals surface area contributed by atoms with Gasteiger partial charge in [-0.3, -0.25) is 9.59 Å². The summed E-state index contributed by atoms with van der Waals surface area (Å²) in [5.41, 5.74) is 6.50. The van der Waals surface area contributed by atoms with Gasteiger partial charge in [-0.25, -0.2) is 13.2 Å². The largest absolute Gasteiger partial charge is 0.467 e. The highest BCUT2D eigenvalue weighted by molar-refractivity contribution is 7.92. The fraction of sp³-hybridized carbons (Fsp3) is 0.636. The number of carbonyl (C=O) groups excluding carboxylic acids is 3. The summed E-state index contributed by atoms with van der Waals surface area (Å²) in [4.78, 5) is 37.3. The molecule has 0 rings (SSSR count). The van der Waals surface area contributed by atoms with Crippen LogP contribution in [0.5, 0.6) is 0 Å². The highest BCUT2D eigenvalue weighted by atomic mass is 32.2. The molecule has 0 heterocycles. The molecule has 0 spiro atoms. The van der Waals surface area contributed by atoms with E-state index in [9.17, 15) is 22.8 Å². The zero-order valence-electron chi connectivity index (χ0n) is 12.0. The van der Waals surface area contributed by atoms with Crippen LogP contribution < -0.4 is 5.32 Å². The molecular formula is C11H18N3O6S+. The van der Waals surface area contributed by atoms with E-state index >= 15 is 0 Å². The van der Waals surface area contributed by atoms with Crippen LogP contribution in [0.25, 0.3) is 0 Å². The van der Waals surface area contributed by atoms with E-state index in [2.05, 4.69) is 14.8 Å². The number of hydrogen-bond donors (Lipinski definition) is 2. The summed E-state index contributed by atoms with van der Waals surface area (Å²) in [6.07, 6.45) is 1.45. The van der Waals surface area contributed by atoms with Gasteiger partial charge in [0.05, 0.1) is 17.4 Å². The number of hydrogen-bond acceptors (Lipinski definition) is 7. The van der Waals surface area contributed by atoms with Gasteiger partial charge >= 0.3 is 12.2 Å². The van der Waals surface area contributed by atoms with Crippen LogP contribution in [0.15, 0.2) is 0 Å². The Morgan fingerprint density at radius 1 is 1.38 bits per heavy atom. The third kappa shape index (κ3) is 6.77. The number of ether oxygens (including phenoxy) is 1. The summed E-state index contributed by atoms with van der Waals surface area (Å²) in [5, 5.41) is 0.911. The molecular weight excluding hydrogens is 302 g/mol. The number of nitrogens with zero attached hydrogens (tertiary/aromatic N) is 1. The van der Waals surface area contributed by atoms with Crippen LogP contribution in [0.2, 0.25) is 0 Å². The second kappa shape index (κ2) is 8.28. The molecule has 10 heteroatoms. The first kappa shape index (κ1) is 18.9. The van der Waals surface area contributed by atoms with Crippen molar-refractivity contribution in [3.05, 3.63) is 0 Å². The van der Waals surface area contributed by atoms with Crippen molar-refractivity contribution in [2.24, 2.45) is 0 Å². The summed E-state index contributed by atoms with van der Waals surface area (Å²) in [6.45, 7) is 1.19. The molecule has 0 saturated heterocycles. The first-order valence-electron chi connectivity index (χ1n) is 5.93. The molecule has 118 valence electrons. The number of ketones is 1. The molecule has 1 amide bonds. The van der Waals surface area contributed by atoms with Crippen LogP contribution in [0.1, 0.15) is 19.8 Å². The van der Waals surface area contributed by atoms with Gasteiger partial charge in [-0.05, 0) is 13.3 Å². The van der Waals surface area contributed by atoms with Crippen molar-refractivity contribution >= 4 is 33.7 Å². The van der Waals surface area contributed by atoms with Crippen molar-refractivity contribution in [1.82, 2.24) is 5.32 Å². The molecule has 0 fully saturated rings. The number of methoxy groups -OCH3 is 1. The van der Waals surface area contributed by atoms with Gasteiger partial charge in [0.1, 0.15) is 11.3 Å². The average Bonchev–Trinajstić information content (AvgIpc) is 2.40. The molecule has 0 radical (unpaired) electrons. The van der Waals surface area contributed by atoms with Gasteiger partial charge < -0.3 is 10.1 Å². The van der Waals surface area contributed by atoms with Gasteiger partial charge in [0.15, 0.2) is 9.84 Å². The Kier molecular flexibility index (Phi) is 7.46. The lowest BCUT2D eigenvalue weighted by Crippen LogP contribution is -2.47. The molecule has 0 aliphatic carbocycles. The Hall–Kier alpha value is -2.06. The zero-order chi connectivity index (χ0) is 16.6. The van der Waals surface area contributed by atoms with Crippen LogP contribution in [-0.4, -0.2) is 61.7 Å². The van der Waals surface area contributed by atoms with Gasteiger partial charge in [0.2, 0.25) is 11.7 Å². The zero-order valence-corrected chi connectivity index (χ0v) is 12.8. The minimum Gasteiger partial charge on any atom is -0.467 e. The molecule has 0 aliphatic heterocycles. The molecule has 0 aromatic heterocycles. The van der Waals surface area contributed by atoms with Crippen molar-refractivity contribution in [3.63, 3.8) is 0 Å². The molecule has 0 aromatic carbocycles. The van der Waals surface area contributed by atoms with E-state index in [0.717, 1.165) is 19.6 Å². The van der Waals surface area contributed by atoms with Crippen LogP contribution in [-0.2, 0) is 29.0 Å². The maximum Gasteiger partial charge on any atom is 0.372 e. The maximum atomic E-state index is 11.8. The molecule has 0 aromatic rings. The van der Waals surface area contributed by atoms with Crippen LogP contribution in [0.4, 0.5) is 0 Å². The first-order chi connectivity index (χ1) is 9.63. The maximum absolute atomic E-state index is 11.8. The molecule has 2 atom stereocenters. The Labute approximate surface area is 122 Å². The summed E-state index contributed by atoms with van der Waals surface area (Å²) in [6, 6.07) is -1.14. The van der Waals surface area contributed by atoms with E-state index in [-0.39, 0.29) is 12.8 Å². The predicted molar refractivity (Wildman–Crippen MR) is 71.5 cm³/mol. The lowest BCUT2D eigenvalue weighted by Gasteiger charge is -2.17. The normalized spacial score (nSPS) is 13.5. The monoisotopic (exact) mass is 320 g/mol. The minimum absolute atomic E-state index is 0.0836. The number of rotatable bonds is 8. The van der Waals surface area contributed by atoms with Gasteiger partial charge in [-0.2, -0.15) is 0 Å². The van der Waals surface area contributed by atoms with Gasteiger partial charge in [0.25, 0.3) is 0 Å². The highest BCUT2D eigenvalue weighted by Gasteiger charge is 2.29. The van der Waals surface area contributed by atoms with Crippen molar-refractivity contribution in [3.8, 4) is 0 Å². The number of amides is 1. The standard InChI is InChI=1S/C11H17N3O6S/c1-7(21(3,18)19)10(16)14-9(11(17)20-2)5-4-8(15)6-13-12/h6-7,9,12H,4-5H2,1-3H3/p+1/t7-,9-/m0/s1. The van der Waals surface area contributed by atoms with Crippen molar-refractivity contribution in [2.45, 2.75) is 31.1 Å². The molecule has 0 unspecified atom stereocenters. The molecule has 9 nitrogen and oxygen atoms in total. The lowest BCUT2D eigenvalue weighted by molar-refractivity contribution is -0.145. The predicted octanol–water partition coefficient (Wildman–Crippen LogP) is -1.26. The Bertz CT molecular complexity index is 565. The quantitative estimate of drug-likeness (QED) is 0.247. The summed E-state index contributed by atoms with van der Waals surface area (Å²) >= 11 is 0. The van der Waals surface area contributed by atoms with Crippen LogP contribution >= 0.6 is 0 Å². The van der Waals surface area contributed by atoms with E-state index in [1.54, 1.807) is 0 Å². The Morgan fingerprint density at radius 3 is 2.38 bits per heavy atom. The average molecular weight is 320 g/mol. The van der Waals surface area contributed by atoms with Crippen molar-refractivity contribution in [2.75, 3.05) is 13.4 Å². The van der Waals surface area contributed by atoms with E-state index in [0.29, 0.717) is 0 Å². The van der Waals surface area contributed by atoms with Crippen LogP contribution in [0.3, 0.4) is 0 Å². The van der Waals surface area contributed by atoms with E-state index < -0.39 is 38.8 Å². The molecule has 2 N–H and O–H groups in total.